The quantitative estimate of drug-likeness (QED) is 0.907. The molecule has 4 nitrogen and oxygen atoms in total. The predicted octanol–water partition coefficient (Wildman–Crippen LogP) is 2.41. The van der Waals surface area contributed by atoms with Gasteiger partial charge in [0.1, 0.15) is 10.7 Å². The van der Waals surface area contributed by atoms with Gasteiger partial charge in [-0.3, -0.25) is 4.79 Å². The van der Waals surface area contributed by atoms with Gasteiger partial charge in [-0.05, 0) is 24.8 Å². The van der Waals surface area contributed by atoms with Crippen LogP contribution in [-0.2, 0) is 12.1 Å². The minimum Gasteiger partial charge on any atom is -0.341 e. The van der Waals surface area contributed by atoms with Crippen molar-refractivity contribution in [3.63, 3.8) is 0 Å². The van der Waals surface area contributed by atoms with Gasteiger partial charge in [-0.2, -0.15) is 0 Å². The fourth-order valence-electron chi connectivity index (χ4n) is 2.56. The lowest BCUT2D eigenvalue weighted by Gasteiger charge is -2.43. The third-order valence-electron chi connectivity index (χ3n) is 3.85. The molecular formula is C15H17N3OS. The van der Waals surface area contributed by atoms with E-state index in [4.69, 9.17) is 5.73 Å². The van der Waals surface area contributed by atoms with Gasteiger partial charge in [0, 0.05) is 11.9 Å². The fourth-order valence-corrected chi connectivity index (χ4v) is 3.22. The van der Waals surface area contributed by atoms with E-state index in [0.29, 0.717) is 12.2 Å². The predicted molar refractivity (Wildman–Crippen MR) is 79.4 cm³/mol. The van der Waals surface area contributed by atoms with Gasteiger partial charge in [0.2, 0.25) is 0 Å². The number of benzene rings is 1. The zero-order valence-electron chi connectivity index (χ0n) is 11.1. The van der Waals surface area contributed by atoms with Gasteiger partial charge >= 0.3 is 0 Å². The molecule has 5 heteroatoms. The first-order valence-electron chi connectivity index (χ1n) is 6.76. The number of aromatic nitrogens is 1. The van der Waals surface area contributed by atoms with Crippen LogP contribution in [0.4, 0.5) is 0 Å². The van der Waals surface area contributed by atoms with Gasteiger partial charge < -0.3 is 11.1 Å². The topological polar surface area (TPSA) is 68.0 Å². The third kappa shape index (κ3) is 2.34. The summed E-state index contributed by atoms with van der Waals surface area (Å²) in [6.07, 6.45) is 3.10. The molecular weight excluding hydrogens is 270 g/mol. The smallest absolute Gasteiger partial charge is 0.271 e. The Hall–Kier alpha value is -1.72. The van der Waals surface area contributed by atoms with Crippen LogP contribution in [0.2, 0.25) is 0 Å². The van der Waals surface area contributed by atoms with Gasteiger partial charge in [0.15, 0.2) is 0 Å². The molecule has 0 spiro atoms. The standard InChI is InChI=1S/C15H17N3OS/c16-9-13-17-12(10-20-13)14(19)18-15(7-4-8-15)11-5-2-1-3-6-11/h1-3,5-6,10H,4,7-9,16H2,(H,18,19). The van der Waals surface area contributed by atoms with Crippen LogP contribution in [0, 0.1) is 0 Å². The number of nitrogens with one attached hydrogen (secondary N) is 1. The Balaban J connectivity index is 1.80. The van der Waals surface area contributed by atoms with Crippen molar-refractivity contribution in [1.29, 1.82) is 0 Å². The number of carbonyl (C=O) groups is 1. The summed E-state index contributed by atoms with van der Waals surface area (Å²) in [6.45, 7) is 0.377. The molecule has 1 aromatic carbocycles. The normalized spacial score (nSPS) is 16.4. The zero-order chi connectivity index (χ0) is 14.0. The van der Waals surface area contributed by atoms with E-state index in [1.807, 2.05) is 18.2 Å². The molecule has 3 N–H and O–H groups in total. The minimum atomic E-state index is -0.217. The number of nitrogens with zero attached hydrogens (tertiary/aromatic N) is 1. The average Bonchev–Trinajstić information content (AvgIpc) is 2.92. The van der Waals surface area contributed by atoms with Crippen LogP contribution in [0.15, 0.2) is 35.7 Å². The summed E-state index contributed by atoms with van der Waals surface area (Å²) in [5.41, 5.74) is 6.96. The fraction of sp³-hybridized carbons (Fsp3) is 0.333. The van der Waals surface area contributed by atoms with Crippen LogP contribution >= 0.6 is 11.3 Å². The average molecular weight is 287 g/mol. The molecule has 1 saturated carbocycles. The summed E-state index contributed by atoms with van der Waals surface area (Å²) in [7, 11) is 0. The van der Waals surface area contributed by atoms with E-state index in [2.05, 4.69) is 22.4 Å². The number of hydrogen-bond acceptors (Lipinski definition) is 4. The number of thiazole rings is 1. The maximum Gasteiger partial charge on any atom is 0.271 e. The summed E-state index contributed by atoms with van der Waals surface area (Å²) in [6, 6.07) is 10.2. The largest absolute Gasteiger partial charge is 0.341 e. The van der Waals surface area contributed by atoms with Crippen LogP contribution in [0.25, 0.3) is 0 Å². The molecule has 20 heavy (non-hydrogen) atoms. The first kappa shape index (κ1) is 13.3. The summed E-state index contributed by atoms with van der Waals surface area (Å²) in [5, 5.41) is 5.73. The van der Waals surface area contributed by atoms with Crippen molar-refractivity contribution >= 4 is 17.2 Å². The van der Waals surface area contributed by atoms with Gasteiger partial charge in [-0.15, -0.1) is 11.3 Å². The molecule has 0 unspecified atom stereocenters. The van der Waals surface area contributed by atoms with Crippen molar-refractivity contribution < 1.29 is 4.79 Å². The Morgan fingerprint density at radius 2 is 2.10 bits per heavy atom. The molecule has 1 heterocycles. The molecule has 0 bridgehead atoms. The van der Waals surface area contributed by atoms with Crippen LogP contribution < -0.4 is 11.1 Å². The molecule has 2 aromatic rings. The molecule has 0 radical (unpaired) electrons. The highest BCUT2D eigenvalue weighted by atomic mass is 32.1. The highest BCUT2D eigenvalue weighted by Gasteiger charge is 2.40. The lowest BCUT2D eigenvalue weighted by atomic mass is 9.71. The second-order valence-electron chi connectivity index (χ2n) is 5.09. The minimum absolute atomic E-state index is 0.107. The molecule has 1 amide bonds. The van der Waals surface area contributed by atoms with Crippen LogP contribution in [-0.4, -0.2) is 10.9 Å². The Kier molecular flexibility index (Phi) is 3.54. The van der Waals surface area contributed by atoms with Crippen molar-refractivity contribution in [3.8, 4) is 0 Å². The Morgan fingerprint density at radius 3 is 2.65 bits per heavy atom. The number of hydrogen-bond donors (Lipinski definition) is 2. The molecule has 1 aliphatic carbocycles. The van der Waals surface area contributed by atoms with E-state index in [-0.39, 0.29) is 11.4 Å². The van der Waals surface area contributed by atoms with Crippen LogP contribution in [0.3, 0.4) is 0 Å². The second-order valence-corrected chi connectivity index (χ2v) is 6.03. The molecule has 0 saturated heterocycles. The van der Waals surface area contributed by atoms with Crippen molar-refractivity contribution in [3.05, 3.63) is 52.0 Å². The number of carbonyl (C=O) groups excluding carboxylic acids is 1. The van der Waals surface area contributed by atoms with Gasteiger partial charge in [-0.25, -0.2) is 4.98 Å². The van der Waals surface area contributed by atoms with Crippen LogP contribution in [0.5, 0.6) is 0 Å². The molecule has 0 aliphatic heterocycles. The zero-order valence-corrected chi connectivity index (χ0v) is 12.0. The second kappa shape index (κ2) is 5.34. The Morgan fingerprint density at radius 1 is 1.35 bits per heavy atom. The molecule has 1 aliphatic rings. The SMILES string of the molecule is NCc1nc(C(=O)NC2(c3ccccc3)CCC2)cs1. The van der Waals surface area contributed by atoms with Crippen molar-refractivity contribution in [1.82, 2.24) is 10.3 Å². The van der Waals surface area contributed by atoms with E-state index in [9.17, 15) is 4.79 Å². The number of nitrogens with two attached hydrogens (primary N) is 1. The monoisotopic (exact) mass is 287 g/mol. The summed E-state index contributed by atoms with van der Waals surface area (Å²) in [5.74, 6) is -0.107. The van der Waals surface area contributed by atoms with E-state index in [1.165, 1.54) is 16.9 Å². The van der Waals surface area contributed by atoms with Crippen molar-refractivity contribution in [2.24, 2.45) is 5.73 Å². The van der Waals surface area contributed by atoms with E-state index < -0.39 is 0 Å². The molecule has 104 valence electrons. The van der Waals surface area contributed by atoms with E-state index >= 15 is 0 Å². The lowest BCUT2D eigenvalue weighted by Crippen LogP contribution is -2.50. The number of rotatable bonds is 4. The van der Waals surface area contributed by atoms with Crippen molar-refractivity contribution in [2.45, 2.75) is 31.3 Å². The summed E-state index contributed by atoms with van der Waals surface area (Å²) < 4.78 is 0. The van der Waals surface area contributed by atoms with E-state index in [1.54, 1.807) is 5.38 Å². The number of amides is 1. The maximum atomic E-state index is 12.3. The first-order valence-corrected chi connectivity index (χ1v) is 7.64. The summed E-state index contributed by atoms with van der Waals surface area (Å²) >= 11 is 1.43. The highest BCUT2D eigenvalue weighted by Crippen LogP contribution is 2.41. The van der Waals surface area contributed by atoms with Gasteiger partial charge in [0.05, 0.1) is 5.54 Å². The van der Waals surface area contributed by atoms with E-state index in [0.717, 1.165) is 24.3 Å². The lowest BCUT2D eigenvalue weighted by molar-refractivity contribution is 0.0818. The van der Waals surface area contributed by atoms with Gasteiger partial charge in [-0.1, -0.05) is 30.3 Å². The Labute approximate surface area is 122 Å². The highest BCUT2D eigenvalue weighted by molar-refractivity contribution is 7.09. The first-order chi connectivity index (χ1) is 9.73. The van der Waals surface area contributed by atoms with Gasteiger partial charge in [0.25, 0.3) is 5.91 Å². The maximum absolute atomic E-state index is 12.3. The molecule has 0 atom stereocenters. The summed E-state index contributed by atoms with van der Waals surface area (Å²) in [4.78, 5) is 16.6. The molecule has 1 aromatic heterocycles. The van der Waals surface area contributed by atoms with Crippen molar-refractivity contribution in [2.75, 3.05) is 0 Å². The molecule has 1 fully saturated rings. The Bertz CT molecular complexity index is 605. The van der Waals surface area contributed by atoms with Crippen LogP contribution in [0.1, 0.15) is 40.3 Å². The third-order valence-corrected chi connectivity index (χ3v) is 4.72. The molecule has 3 rings (SSSR count).